The maximum atomic E-state index is 13.9. The van der Waals surface area contributed by atoms with Crippen LogP contribution in [0.5, 0.6) is 0 Å². The molecule has 0 radical (unpaired) electrons. The van der Waals surface area contributed by atoms with Crippen molar-refractivity contribution in [3.63, 3.8) is 0 Å². The first-order valence-corrected chi connectivity index (χ1v) is 13.9. The molecule has 3 heterocycles. The first-order chi connectivity index (χ1) is 16.9. The Balaban J connectivity index is 1.40. The van der Waals surface area contributed by atoms with E-state index in [2.05, 4.69) is 40.8 Å². The number of amides is 2. The predicted octanol–water partition coefficient (Wildman–Crippen LogP) is 4.96. The van der Waals surface area contributed by atoms with E-state index in [4.69, 9.17) is 0 Å². The summed E-state index contributed by atoms with van der Waals surface area (Å²) in [4.78, 5) is 32.3. The molecule has 2 amide bonds. The fourth-order valence-electron chi connectivity index (χ4n) is 6.77. The lowest BCUT2D eigenvalue weighted by Crippen LogP contribution is -2.65. The summed E-state index contributed by atoms with van der Waals surface area (Å²) >= 11 is 0. The first-order valence-electron chi connectivity index (χ1n) is 13.9. The summed E-state index contributed by atoms with van der Waals surface area (Å²) in [7, 11) is 0. The number of carbonyl (C=O) groups excluding carboxylic acids is 2. The van der Waals surface area contributed by atoms with E-state index in [0.717, 1.165) is 36.7 Å². The van der Waals surface area contributed by atoms with Crippen molar-refractivity contribution in [2.45, 2.75) is 109 Å². The number of nitrogens with zero attached hydrogens (tertiary/aromatic N) is 3. The molecule has 1 saturated heterocycles. The maximum Gasteiger partial charge on any atom is 0.271 e. The van der Waals surface area contributed by atoms with Crippen LogP contribution in [0.2, 0.25) is 0 Å². The number of nitrogens with one attached hydrogen (secondary N) is 1. The molecular formula is C29H42N4O2. The Hall–Kier alpha value is -2.34. The Morgan fingerprint density at radius 3 is 2.46 bits per heavy atom. The van der Waals surface area contributed by atoms with Crippen molar-refractivity contribution < 1.29 is 9.59 Å². The minimum Gasteiger partial charge on any atom is -0.351 e. The summed E-state index contributed by atoms with van der Waals surface area (Å²) < 4.78 is 2.07. The van der Waals surface area contributed by atoms with Crippen LogP contribution in [0.25, 0.3) is 10.9 Å². The average Bonchev–Trinajstić information content (AvgIpc) is 3.22. The molecule has 3 atom stereocenters. The number of rotatable bonds is 6. The van der Waals surface area contributed by atoms with E-state index in [0.29, 0.717) is 30.9 Å². The highest BCUT2D eigenvalue weighted by atomic mass is 16.2. The van der Waals surface area contributed by atoms with Gasteiger partial charge in [0.05, 0.1) is 6.54 Å². The number of hydrogen-bond donors (Lipinski definition) is 1. The molecule has 5 rings (SSSR count). The van der Waals surface area contributed by atoms with E-state index >= 15 is 0 Å². The Morgan fingerprint density at radius 1 is 1.00 bits per heavy atom. The van der Waals surface area contributed by atoms with Crippen LogP contribution in [0.15, 0.2) is 30.3 Å². The number of carbonyl (C=O) groups is 2. The minimum absolute atomic E-state index is 0.000824. The highest BCUT2D eigenvalue weighted by Gasteiger charge is 2.48. The molecule has 1 aromatic carbocycles. The van der Waals surface area contributed by atoms with Crippen LogP contribution in [0, 0.1) is 0 Å². The standard InChI is InChI=1S/C29H42N4O2/c1-21-11-9-12-22(2)31(21)17-10-18-33-27(34)26-19-23-13-7-8-16-25(23)32(26)20-29(33,3)28(35)30-24-14-5-4-6-15-24/h7-8,13,16,19,21-22,24H,4-6,9-12,14-15,17-18,20H2,1-3H3,(H,30,35)/t21-,22+,29-/m0/s1. The molecular weight excluding hydrogens is 436 g/mol. The number of benzene rings is 1. The number of fused-ring (bicyclic) bond motifs is 3. The summed E-state index contributed by atoms with van der Waals surface area (Å²) in [6.07, 6.45) is 10.3. The summed E-state index contributed by atoms with van der Waals surface area (Å²) in [6.45, 7) is 8.69. The summed E-state index contributed by atoms with van der Waals surface area (Å²) in [5.41, 5.74) is 0.833. The Kier molecular flexibility index (Phi) is 6.93. The Bertz CT molecular complexity index is 1060. The van der Waals surface area contributed by atoms with Gasteiger partial charge in [-0.2, -0.15) is 0 Å². The third kappa shape index (κ3) is 4.62. The smallest absolute Gasteiger partial charge is 0.271 e. The van der Waals surface area contributed by atoms with Gasteiger partial charge in [-0.25, -0.2) is 0 Å². The van der Waals surface area contributed by atoms with Crippen molar-refractivity contribution in [1.82, 2.24) is 19.7 Å². The number of likely N-dealkylation sites (tertiary alicyclic amines) is 1. The van der Waals surface area contributed by atoms with E-state index < -0.39 is 5.54 Å². The van der Waals surface area contributed by atoms with Gasteiger partial charge < -0.3 is 14.8 Å². The minimum atomic E-state index is -0.900. The van der Waals surface area contributed by atoms with Crippen LogP contribution in [0.4, 0.5) is 0 Å². The van der Waals surface area contributed by atoms with Gasteiger partial charge in [-0.3, -0.25) is 14.5 Å². The number of aromatic nitrogens is 1. The third-order valence-electron chi connectivity index (χ3n) is 8.94. The van der Waals surface area contributed by atoms with Gasteiger partial charge in [-0.05, 0) is 65.0 Å². The topological polar surface area (TPSA) is 57.6 Å². The fourth-order valence-corrected chi connectivity index (χ4v) is 6.77. The van der Waals surface area contributed by atoms with Gasteiger partial charge in [0.1, 0.15) is 11.2 Å². The van der Waals surface area contributed by atoms with Gasteiger partial charge in [0.2, 0.25) is 5.91 Å². The highest BCUT2D eigenvalue weighted by Crippen LogP contribution is 2.33. The summed E-state index contributed by atoms with van der Waals surface area (Å²) in [5.74, 6) is -0.0191. The highest BCUT2D eigenvalue weighted by molar-refractivity contribution is 6.03. The van der Waals surface area contributed by atoms with Crippen LogP contribution in [0.1, 0.15) is 89.0 Å². The molecule has 2 aliphatic heterocycles. The van der Waals surface area contributed by atoms with Crippen LogP contribution in [-0.4, -0.2) is 62.9 Å². The lowest BCUT2D eigenvalue weighted by atomic mass is 9.91. The molecule has 35 heavy (non-hydrogen) atoms. The number of hydrogen-bond acceptors (Lipinski definition) is 3. The Labute approximate surface area is 210 Å². The monoisotopic (exact) mass is 478 g/mol. The molecule has 190 valence electrons. The lowest BCUT2D eigenvalue weighted by Gasteiger charge is -2.45. The van der Waals surface area contributed by atoms with E-state index in [1.165, 1.54) is 38.5 Å². The molecule has 1 N–H and O–H groups in total. The van der Waals surface area contributed by atoms with E-state index in [1.54, 1.807) is 0 Å². The summed E-state index contributed by atoms with van der Waals surface area (Å²) in [6, 6.07) is 11.5. The predicted molar refractivity (Wildman–Crippen MR) is 140 cm³/mol. The zero-order valence-corrected chi connectivity index (χ0v) is 21.8. The normalized spacial score (nSPS) is 28.3. The molecule has 1 aromatic heterocycles. The van der Waals surface area contributed by atoms with Gasteiger partial charge in [0.15, 0.2) is 0 Å². The summed E-state index contributed by atoms with van der Waals surface area (Å²) in [5, 5.41) is 4.41. The van der Waals surface area contributed by atoms with Gasteiger partial charge in [0, 0.05) is 42.1 Å². The van der Waals surface area contributed by atoms with Crippen molar-refractivity contribution in [2.24, 2.45) is 0 Å². The molecule has 2 aromatic rings. The van der Waals surface area contributed by atoms with Gasteiger partial charge >= 0.3 is 0 Å². The molecule has 0 bridgehead atoms. The van der Waals surface area contributed by atoms with Crippen LogP contribution in [-0.2, 0) is 11.3 Å². The molecule has 6 nitrogen and oxygen atoms in total. The average molecular weight is 479 g/mol. The second-order valence-electron chi connectivity index (χ2n) is 11.4. The van der Waals surface area contributed by atoms with Crippen molar-refractivity contribution in [3.8, 4) is 0 Å². The first kappa shape index (κ1) is 24.4. The molecule has 1 aliphatic carbocycles. The number of piperidine rings is 1. The van der Waals surface area contributed by atoms with Gasteiger partial charge in [-0.15, -0.1) is 0 Å². The zero-order valence-electron chi connectivity index (χ0n) is 21.8. The largest absolute Gasteiger partial charge is 0.351 e. The fraction of sp³-hybridized carbons (Fsp3) is 0.655. The Morgan fingerprint density at radius 2 is 1.71 bits per heavy atom. The molecule has 6 heteroatoms. The molecule has 0 unspecified atom stereocenters. The van der Waals surface area contributed by atoms with E-state index in [1.807, 2.05) is 30.0 Å². The third-order valence-corrected chi connectivity index (χ3v) is 8.94. The maximum absolute atomic E-state index is 13.9. The SMILES string of the molecule is C[C@@H]1CCC[C@H](C)N1CCCN1C(=O)c2cc3ccccc3n2C[C@@]1(C)C(=O)NC1CCCCC1. The van der Waals surface area contributed by atoms with E-state index in [9.17, 15) is 9.59 Å². The van der Waals surface area contributed by atoms with E-state index in [-0.39, 0.29) is 17.9 Å². The number of para-hydroxylation sites is 1. The van der Waals surface area contributed by atoms with Crippen molar-refractivity contribution in [3.05, 3.63) is 36.0 Å². The second kappa shape index (κ2) is 9.96. The molecule has 1 saturated carbocycles. The van der Waals surface area contributed by atoms with Crippen molar-refractivity contribution in [1.29, 1.82) is 0 Å². The van der Waals surface area contributed by atoms with Crippen LogP contribution >= 0.6 is 0 Å². The van der Waals surface area contributed by atoms with Gasteiger partial charge in [-0.1, -0.05) is 43.9 Å². The van der Waals surface area contributed by atoms with Crippen molar-refractivity contribution in [2.75, 3.05) is 13.1 Å². The zero-order chi connectivity index (χ0) is 24.6. The van der Waals surface area contributed by atoms with Crippen LogP contribution in [0.3, 0.4) is 0 Å². The van der Waals surface area contributed by atoms with Gasteiger partial charge in [0.25, 0.3) is 5.91 Å². The van der Waals surface area contributed by atoms with Crippen LogP contribution < -0.4 is 5.32 Å². The molecule has 2 fully saturated rings. The second-order valence-corrected chi connectivity index (χ2v) is 11.4. The quantitative estimate of drug-likeness (QED) is 0.639. The lowest BCUT2D eigenvalue weighted by molar-refractivity contribution is -0.133. The molecule has 3 aliphatic rings. The van der Waals surface area contributed by atoms with Crippen molar-refractivity contribution >= 4 is 22.7 Å². The molecule has 0 spiro atoms.